The van der Waals surface area contributed by atoms with E-state index < -0.39 is 6.10 Å². The van der Waals surface area contributed by atoms with Gasteiger partial charge in [-0.2, -0.15) is 0 Å². The van der Waals surface area contributed by atoms with Gasteiger partial charge in [0.1, 0.15) is 0 Å². The normalized spacial score (nSPS) is 23.7. The largest absolute Gasteiger partial charge is 0.397 e. The lowest BCUT2D eigenvalue weighted by atomic mass is 9.92. The maximum Gasteiger partial charge on any atom is 0.253 e. The molecule has 1 fully saturated rings. The summed E-state index contributed by atoms with van der Waals surface area (Å²) in [6.45, 7) is 0. The molecule has 0 unspecified atom stereocenters. The van der Waals surface area contributed by atoms with Crippen molar-refractivity contribution < 1.29 is 9.90 Å². The molecule has 0 radical (unpaired) electrons. The van der Waals surface area contributed by atoms with Gasteiger partial charge in [0.25, 0.3) is 5.91 Å². The van der Waals surface area contributed by atoms with Gasteiger partial charge in [-0.05, 0) is 25.0 Å². The topological polar surface area (TPSA) is 75.4 Å². The van der Waals surface area contributed by atoms with E-state index in [0.29, 0.717) is 10.6 Å². The van der Waals surface area contributed by atoms with Gasteiger partial charge < -0.3 is 16.2 Å². The Labute approximate surface area is 111 Å². The molecular formula is C13H17ClN2O2. The molecule has 98 valence electrons. The van der Waals surface area contributed by atoms with E-state index >= 15 is 0 Å². The number of anilines is 1. The number of hydrogen-bond donors (Lipinski definition) is 3. The lowest BCUT2D eigenvalue weighted by Crippen LogP contribution is -2.45. The average Bonchev–Trinajstić information content (AvgIpc) is 2.35. The molecule has 2 atom stereocenters. The highest BCUT2D eigenvalue weighted by atomic mass is 35.5. The molecule has 18 heavy (non-hydrogen) atoms. The van der Waals surface area contributed by atoms with Crippen LogP contribution in [0.2, 0.25) is 5.02 Å². The Bertz CT molecular complexity index is 451. The molecular weight excluding hydrogens is 252 g/mol. The van der Waals surface area contributed by atoms with Crippen molar-refractivity contribution in [2.75, 3.05) is 5.73 Å². The number of benzene rings is 1. The van der Waals surface area contributed by atoms with Gasteiger partial charge in [-0.25, -0.2) is 0 Å². The molecule has 1 aromatic rings. The number of nitrogen functional groups attached to an aromatic ring is 1. The molecule has 0 heterocycles. The van der Waals surface area contributed by atoms with Crippen molar-refractivity contribution >= 4 is 23.2 Å². The highest BCUT2D eigenvalue weighted by Crippen LogP contribution is 2.23. The van der Waals surface area contributed by atoms with Gasteiger partial charge in [0.15, 0.2) is 0 Å². The molecule has 1 amide bonds. The molecule has 4 nitrogen and oxygen atoms in total. The third-order valence-electron chi connectivity index (χ3n) is 3.34. The fourth-order valence-electron chi connectivity index (χ4n) is 2.26. The summed E-state index contributed by atoms with van der Waals surface area (Å²) in [4.78, 5) is 12.1. The van der Waals surface area contributed by atoms with E-state index in [2.05, 4.69) is 5.32 Å². The smallest absolute Gasteiger partial charge is 0.253 e. The van der Waals surface area contributed by atoms with Crippen molar-refractivity contribution in [2.45, 2.75) is 37.8 Å². The Balaban J connectivity index is 2.09. The van der Waals surface area contributed by atoms with Crippen molar-refractivity contribution in [1.29, 1.82) is 0 Å². The molecule has 1 aromatic carbocycles. The lowest BCUT2D eigenvalue weighted by molar-refractivity contribution is 0.0718. The van der Waals surface area contributed by atoms with Gasteiger partial charge in [0.05, 0.1) is 28.4 Å². The second-order valence-corrected chi connectivity index (χ2v) is 5.04. The van der Waals surface area contributed by atoms with Crippen LogP contribution in [0.5, 0.6) is 0 Å². The highest BCUT2D eigenvalue weighted by Gasteiger charge is 2.25. The molecule has 2 rings (SSSR count). The first kappa shape index (κ1) is 13.2. The zero-order chi connectivity index (χ0) is 13.1. The summed E-state index contributed by atoms with van der Waals surface area (Å²) >= 11 is 5.87. The van der Waals surface area contributed by atoms with Crippen LogP contribution < -0.4 is 11.1 Å². The average molecular weight is 269 g/mol. The maximum absolute atomic E-state index is 12.1. The van der Waals surface area contributed by atoms with E-state index in [1.165, 1.54) is 0 Å². The predicted molar refractivity (Wildman–Crippen MR) is 71.6 cm³/mol. The van der Waals surface area contributed by atoms with Crippen LogP contribution in [-0.2, 0) is 0 Å². The third kappa shape index (κ3) is 2.76. The number of amides is 1. The minimum absolute atomic E-state index is 0.190. The second kappa shape index (κ2) is 5.59. The number of hydrogen-bond acceptors (Lipinski definition) is 3. The molecule has 5 heteroatoms. The molecule has 0 spiro atoms. The zero-order valence-corrected chi connectivity index (χ0v) is 10.8. The number of aliphatic hydroxyl groups excluding tert-OH is 1. The van der Waals surface area contributed by atoms with E-state index in [4.69, 9.17) is 17.3 Å². The van der Waals surface area contributed by atoms with Crippen LogP contribution in [0.25, 0.3) is 0 Å². The molecule has 1 aliphatic carbocycles. The summed E-state index contributed by atoms with van der Waals surface area (Å²) in [6.07, 6.45) is 3.09. The Hall–Kier alpha value is -1.26. The van der Waals surface area contributed by atoms with E-state index in [-0.39, 0.29) is 17.6 Å². The van der Waals surface area contributed by atoms with Gasteiger partial charge in [-0.15, -0.1) is 0 Å². The van der Waals surface area contributed by atoms with Gasteiger partial charge in [-0.1, -0.05) is 30.5 Å². The minimum Gasteiger partial charge on any atom is -0.397 e. The number of rotatable bonds is 2. The van der Waals surface area contributed by atoms with E-state index in [9.17, 15) is 9.90 Å². The highest BCUT2D eigenvalue weighted by molar-refractivity contribution is 6.33. The van der Waals surface area contributed by atoms with Crippen molar-refractivity contribution in [3.63, 3.8) is 0 Å². The van der Waals surface area contributed by atoms with Crippen LogP contribution in [0.3, 0.4) is 0 Å². The number of carbonyl (C=O) groups excluding carboxylic acids is 1. The lowest BCUT2D eigenvalue weighted by Gasteiger charge is -2.28. The number of halogens is 1. The Morgan fingerprint density at radius 1 is 1.39 bits per heavy atom. The second-order valence-electron chi connectivity index (χ2n) is 4.63. The number of nitrogens with two attached hydrogens (primary N) is 1. The van der Waals surface area contributed by atoms with Crippen LogP contribution >= 0.6 is 11.6 Å². The summed E-state index contributed by atoms with van der Waals surface area (Å²) in [5.41, 5.74) is 6.41. The van der Waals surface area contributed by atoms with Crippen LogP contribution in [0.1, 0.15) is 36.0 Å². The summed E-state index contributed by atoms with van der Waals surface area (Å²) in [5.74, 6) is -0.277. The third-order valence-corrected chi connectivity index (χ3v) is 3.67. The molecule has 0 aromatic heterocycles. The molecule has 0 bridgehead atoms. The van der Waals surface area contributed by atoms with Crippen molar-refractivity contribution in [2.24, 2.45) is 0 Å². The fourth-order valence-corrected chi connectivity index (χ4v) is 2.44. The van der Waals surface area contributed by atoms with Crippen LogP contribution in [0.15, 0.2) is 18.2 Å². The van der Waals surface area contributed by atoms with Crippen molar-refractivity contribution in [1.82, 2.24) is 5.32 Å². The first-order valence-corrected chi connectivity index (χ1v) is 6.50. The van der Waals surface area contributed by atoms with Crippen LogP contribution in [-0.4, -0.2) is 23.2 Å². The molecule has 0 saturated heterocycles. The number of carbonyl (C=O) groups is 1. The summed E-state index contributed by atoms with van der Waals surface area (Å²) in [5, 5.41) is 13.0. The zero-order valence-electron chi connectivity index (χ0n) is 10.0. The molecule has 1 saturated carbocycles. The predicted octanol–water partition coefficient (Wildman–Crippen LogP) is 1.96. The SMILES string of the molecule is Nc1c(Cl)cccc1C(=O)N[C@H]1CCCC[C@@H]1O. The summed E-state index contributed by atoms with van der Waals surface area (Å²) in [7, 11) is 0. The first-order chi connectivity index (χ1) is 8.59. The van der Waals surface area contributed by atoms with E-state index in [0.717, 1.165) is 25.7 Å². The van der Waals surface area contributed by atoms with Gasteiger partial charge in [0, 0.05) is 0 Å². The summed E-state index contributed by atoms with van der Waals surface area (Å²) < 4.78 is 0. The Morgan fingerprint density at radius 3 is 2.83 bits per heavy atom. The summed E-state index contributed by atoms with van der Waals surface area (Å²) in [6, 6.07) is 4.77. The molecule has 4 N–H and O–H groups in total. The number of nitrogens with one attached hydrogen (secondary N) is 1. The van der Waals surface area contributed by atoms with Crippen LogP contribution in [0.4, 0.5) is 5.69 Å². The maximum atomic E-state index is 12.1. The van der Waals surface area contributed by atoms with Gasteiger partial charge in [0.2, 0.25) is 0 Å². The quantitative estimate of drug-likeness (QED) is 0.718. The fraction of sp³-hybridized carbons (Fsp3) is 0.462. The van der Waals surface area contributed by atoms with Gasteiger partial charge >= 0.3 is 0 Å². The first-order valence-electron chi connectivity index (χ1n) is 6.12. The number of aliphatic hydroxyl groups is 1. The van der Waals surface area contributed by atoms with E-state index in [1.54, 1.807) is 18.2 Å². The monoisotopic (exact) mass is 268 g/mol. The van der Waals surface area contributed by atoms with Crippen molar-refractivity contribution in [3.05, 3.63) is 28.8 Å². The Morgan fingerprint density at radius 2 is 2.11 bits per heavy atom. The molecule has 1 aliphatic rings. The molecule has 0 aliphatic heterocycles. The minimum atomic E-state index is -0.469. The van der Waals surface area contributed by atoms with Gasteiger partial charge in [-0.3, -0.25) is 4.79 Å². The Kier molecular flexibility index (Phi) is 4.09. The van der Waals surface area contributed by atoms with Crippen molar-refractivity contribution in [3.8, 4) is 0 Å². The van der Waals surface area contributed by atoms with Crippen LogP contribution in [0, 0.1) is 0 Å². The number of para-hydroxylation sites is 1. The standard InChI is InChI=1S/C13H17ClN2O2/c14-9-5-3-4-8(12(9)15)13(18)16-10-6-1-2-7-11(10)17/h3-5,10-11,17H,1-2,6-7,15H2,(H,16,18)/t10-,11-/m0/s1. The van der Waals surface area contributed by atoms with E-state index in [1.807, 2.05) is 0 Å².